The van der Waals surface area contributed by atoms with Crippen LogP contribution in [0.15, 0.2) is 24.3 Å². The third kappa shape index (κ3) is 4.19. The molecule has 0 aromatic heterocycles. The van der Waals surface area contributed by atoms with E-state index in [-0.39, 0.29) is 24.2 Å². The maximum atomic E-state index is 12.4. The number of hydrogen-bond acceptors (Lipinski definition) is 3. The summed E-state index contributed by atoms with van der Waals surface area (Å²) in [5.74, 6) is -0.344. The van der Waals surface area contributed by atoms with E-state index in [1.54, 1.807) is 11.8 Å². The van der Waals surface area contributed by atoms with Gasteiger partial charge in [0, 0.05) is 12.2 Å². The molecule has 1 unspecified atom stereocenters. The first kappa shape index (κ1) is 17.5. The summed E-state index contributed by atoms with van der Waals surface area (Å²) in [5.41, 5.74) is 7.55. The van der Waals surface area contributed by atoms with Crippen molar-refractivity contribution in [3.63, 3.8) is 0 Å². The summed E-state index contributed by atoms with van der Waals surface area (Å²) < 4.78 is 0. The van der Waals surface area contributed by atoms with Crippen molar-refractivity contribution in [3.8, 4) is 0 Å². The first-order valence-corrected chi connectivity index (χ1v) is 6.93. The maximum absolute atomic E-state index is 12.4. The highest BCUT2D eigenvalue weighted by Gasteiger charge is 2.31. The van der Waals surface area contributed by atoms with E-state index in [4.69, 9.17) is 5.73 Å². The lowest BCUT2D eigenvalue weighted by Gasteiger charge is -2.33. The molecule has 3 N–H and O–H groups in total. The Morgan fingerprint density at radius 1 is 1.38 bits per heavy atom. The summed E-state index contributed by atoms with van der Waals surface area (Å²) in [5, 5.41) is 2.72. The van der Waals surface area contributed by atoms with E-state index < -0.39 is 12.1 Å². The second-order valence-corrected chi connectivity index (χ2v) is 5.32. The van der Waals surface area contributed by atoms with Crippen molar-refractivity contribution in [1.82, 2.24) is 5.32 Å². The van der Waals surface area contributed by atoms with Gasteiger partial charge in [-0.05, 0) is 38.8 Å². The average Bonchev–Trinajstić information content (AvgIpc) is 2.42. The summed E-state index contributed by atoms with van der Waals surface area (Å²) in [6, 6.07) is 6.76. The van der Waals surface area contributed by atoms with Crippen LogP contribution >= 0.6 is 12.4 Å². The van der Waals surface area contributed by atoms with Crippen LogP contribution in [0.3, 0.4) is 0 Å². The first-order chi connectivity index (χ1) is 9.49. The number of benzene rings is 1. The van der Waals surface area contributed by atoms with E-state index in [0.29, 0.717) is 13.0 Å². The second-order valence-electron chi connectivity index (χ2n) is 5.32. The molecule has 0 aliphatic carbocycles. The van der Waals surface area contributed by atoms with Gasteiger partial charge < -0.3 is 16.0 Å². The van der Waals surface area contributed by atoms with Crippen molar-refractivity contribution in [2.24, 2.45) is 5.73 Å². The number of rotatable bonds is 3. The molecule has 2 rings (SSSR count). The van der Waals surface area contributed by atoms with Crippen molar-refractivity contribution < 1.29 is 9.59 Å². The topological polar surface area (TPSA) is 75.4 Å². The molecule has 1 fully saturated rings. The summed E-state index contributed by atoms with van der Waals surface area (Å²) in [6.07, 6.45) is 1.53. The highest BCUT2D eigenvalue weighted by atomic mass is 35.5. The third-order valence-corrected chi connectivity index (χ3v) is 3.51. The average molecular weight is 312 g/mol. The third-order valence-electron chi connectivity index (χ3n) is 3.51. The Morgan fingerprint density at radius 2 is 2.00 bits per heavy atom. The second kappa shape index (κ2) is 7.43. The number of aryl methyl sites for hydroxylation is 1. The van der Waals surface area contributed by atoms with Crippen molar-refractivity contribution in [2.45, 2.75) is 38.8 Å². The minimum Gasteiger partial charge on any atom is -0.343 e. The van der Waals surface area contributed by atoms with Crippen molar-refractivity contribution >= 4 is 29.9 Å². The minimum absolute atomic E-state index is 0. The number of piperidine rings is 1. The van der Waals surface area contributed by atoms with Crippen LogP contribution in [0.1, 0.15) is 25.3 Å². The van der Waals surface area contributed by atoms with E-state index in [1.165, 1.54) is 0 Å². The van der Waals surface area contributed by atoms with Gasteiger partial charge in [-0.2, -0.15) is 0 Å². The molecule has 1 aliphatic heterocycles. The van der Waals surface area contributed by atoms with Crippen LogP contribution in [0.4, 0.5) is 5.69 Å². The molecule has 1 aromatic carbocycles. The molecule has 1 saturated heterocycles. The number of hydrogen-bond donors (Lipinski definition) is 2. The van der Waals surface area contributed by atoms with Gasteiger partial charge >= 0.3 is 0 Å². The molecular formula is C15H22ClN3O2. The molecule has 2 amide bonds. The predicted octanol–water partition coefficient (Wildman–Crippen LogP) is 1.38. The Morgan fingerprint density at radius 3 is 2.57 bits per heavy atom. The fourth-order valence-corrected chi connectivity index (χ4v) is 2.29. The number of nitrogens with zero attached hydrogens (tertiary/aromatic N) is 1. The van der Waals surface area contributed by atoms with Gasteiger partial charge in [-0.15, -0.1) is 12.4 Å². The monoisotopic (exact) mass is 311 g/mol. The van der Waals surface area contributed by atoms with E-state index in [0.717, 1.165) is 17.7 Å². The van der Waals surface area contributed by atoms with Gasteiger partial charge in [0.25, 0.3) is 0 Å². The van der Waals surface area contributed by atoms with Gasteiger partial charge in [-0.25, -0.2) is 0 Å². The zero-order valence-electron chi connectivity index (χ0n) is 12.3. The van der Waals surface area contributed by atoms with Crippen LogP contribution in [0.25, 0.3) is 0 Å². The molecule has 1 aromatic rings. The largest absolute Gasteiger partial charge is 0.343 e. The number of amides is 2. The van der Waals surface area contributed by atoms with Gasteiger partial charge in [0.05, 0.1) is 6.04 Å². The Hall–Kier alpha value is -1.59. The van der Waals surface area contributed by atoms with Gasteiger partial charge in [0.2, 0.25) is 11.8 Å². The number of anilines is 1. The van der Waals surface area contributed by atoms with Gasteiger partial charge in [0.1, 0.15) is 6.04 Å². The van der Waals surface area contributed by atoms with Gasteiger partial charge in [-0.1, -0.05) is 17.7 Å². The lowest BCUT2D eigenvalue weighted by molar-refractivity contribution is -0.128. The highest BCUT2D eigenvalue weighted by molar-refractivity contribution is 6.00. The minimum atomic E-state index is -0.599. The molecule has 5 nitrogen and oxygen atoms in total. The highest BCUT2D eigenvalue weighted by Crippen LogP contribution is 2.21. The van der Waals surface area contributed by atoms with Crippen molar-refractivity contribution in [1.29, 1.82) is 0 Å². The predicted molar refractivity (Wildman–Crippen MR) is 85.6 cm³/mol. The standard InChI is InChI=1S/C15H21N3O2.ClH/c1-10-5-7-12(8-6-10)18-9-3-4-13(15(18)20)17-14(19)11(2)16;/h5-8,11,13H,3-4,9,16H2,1-2H3,(H,17,19);1H/t11-,13?;/m1./s1. The molecule has 0 spiro atoms. The summed E-state index contributed by atoms with van der Waals surface area (Å²) in [4.78, 5) is 25.8. The number of carbonyl (C=O) groups is 2. The van der Waals surface area contributed by atoms with Gasteiger partial charge in [0.15, 0.2) is 0 Å². The van der Waals surface area contributed by atoms with Crippen LogP contribution in [0.5, 0.6) is 0 Å². The molecule has 2 atom stereocenters. The zero-order valence-corrected chi connectivity index (χ0v) is 13.2. The Bertz CT molecular complexity index is 502. The summed E-state index contributed by atoms with van der Waals surface area (Å²) >= 11 is 0. The number of halogens is 1. The van der Waals surface area contributed by atoms with Crippen LogP contribution < -0.4 is 16.0 Å². The van der Waals surface area contributed by atoms with Crippen molar-refractivity contribution in [3.05, 3.63) is 29.8 Å². The van der Waals surface area contributed by atoms with Crippen LogP contribution in [-0.2, 0) is 9.59 Å². The smallest absolute Gasteiger partial charge is 0.249 e. The van der Waals surface area contributed by atoms with Crippen LogP contribution in [0, 0.1) is 6.92 Å². The number of nitrogens with one attached hydrogen (secondary N) is 1. The first-order valence-electron chi connectivity index (χ1n) is 6.93. The van der Waals surface area contributed by atoms with Gasteiger partial charge in [-0.3, -0.25) is 9.59 Å². The van der Waals surface area contributed by atoms with Crippen molar-refractivity contribution in [2.75, 3.05) is 11.4 Å². The molecule has 0 saturated carbocycles. The van der Waals surface area contributed by atoms with E-state index in [2.05, 4.69) is 5.32 Å². The molecule has 21 heavy (non-hydrogen) atoms. The Kier molecular flexibility index (Phi) is 6.18. The van der Waals surface area contributed by atoms with E-state index >= 15 is 0 Å². The molecule has 0 bridgehead atoms. The fraction of sp³-hybridized carbons (Fsp3) is 0.467. The fourth-order valence-electron chi connectivity index (χ4n) is 2.29. The SMILES string of the molecule is Cc1ccc(N2CCCC(NC(=O)[C@@H](C)N)C2=O)cc1.Cl. The lowest BCUT2D eigenvalue weighted by atomic mass is 10.0. The molecule has 0 radical (unpaired) electrons. The molecule has 116 valence electrons. The van der Waals surface area contributed by atoms with Crippen LogP contribution in [-0.4, -0.2) is 30.4 Å². The molecular weight excluding hydrogens is 290 g/mol. The molecule has 6 heteroatoms. The Labute approximate surface area is 131 Å². The maximum Gasteiger partial charge on any atom is 0.249 e. The molecule has 1 heterocycles. The number of nitrogens with two attached hydrogens (primary N) is 1. The normalized spacial score (nSPS) is 19.7. The number of carbonyl (C=O) groups excluding carboxylic acids is 2. The lowest BCUT2D eigenvalue weighted by Crippen LogP contribution is -2.55. The summed E-state index contributed by atoms with van der Waals surface area (Å²) in [7, 11) is 0. The quantitative estimate of drug-likeness (QED) is 0.885. The van der Waals surface area contributed by atoms with Crippen LogP contribution in [0.2, 0.25) is 0 Å². The Balaban J connectivity index is 0.00000220. The van der Waals surface area contributed by atoms with E-state index in [1.807, 2.05) is 31.2 Å². The summed E-state index contributed by atoms with van der Waals surface area (Å²) in [6.45, 7) is 4.31. The zero-order chi connectivity index (χ0) is 14.7. The molecule has 1 aliphatic rings. The van der Waals surface area contributed by atoms with E-state index in [9.17, 15) is 9.59 Å².